The number of carbonyl (C=O) groups excluding carboxylic acids is 2. The first-order chi connectivity index (χ1) is 14.0. The Bertz CT molecular complexity index is 862. The number of rotatable bonds is 7. The molecule has 1 aliphatic heterocycles. The Morgan fingerprint density at radius 3 is 2.76 bits per heavy atom. The molecule has 1 unspecified atom stereocenters. The molecule has 1 amide bonds. The van der Waals surface area contributed by atoms with Gasteiger partial charge < -0.3 is 9.64 Å². The molecule has 1 aromatic heterocycles. The minimum absolute atomic E-state index is 0.0794. The summed E-state index contributed by atoms with van der Waals surface area (Å²) in [4.78, 5) is 27.4. The van der Waals surface area contributed by atoms with Gasteiger partial charge in [0.1, 0.15) is 11.4 Å². The molecule has 2 aromatic rings. The van der Waals surface area contributed by atoms with E-state index in [0.717, 1.165) is 12.0 Å². The van der Waals surface area contributed by atoms with Crippen LogP contribution in [0.15, 0.2) is 41.0 Å². The van der Waals surface area contributed by atoms with Crippen LogP contribution in [0, 0.1) is 12.3 Å². The van der Waals surface area contributed by atoms with Gasteiger partial charge in [-0.3, -0.25) is 9.59 Å². The van der Waals surface area contributed by atoms with Gasteiger partial charge in [0.2, 0.25) is 5.91 Å². The number of ether oxygens (including phenoxy) is 1. The Balaban J connectivity index is 1.74. The number of hydrogen-bond donors (Lipinski definition) is 0. The van der Waals surface area contributed by atoms with Crippen LogP contribution in [-0.4, -0.2) is 46.8 Å². The lowest BCUT2D eigenvalue weighted by Gasteiger charge is -2.40. The van der Waals surface area contributed by atoms with E-state index < -0.39 is 5.41 Å². The highest BCUT2D eigenvalue weighted by Gasteiger charge is 2.43. The van der Waals surface area contributed by atoms with Gasteiger partial charge in [-0.2, -0.15) is 0 Å². The summed E-state index contributed by atoms with van der Waals surface area (Å²) in [6.07, 6.45) is 6.10. The highest BCUT2D eigenvalue weighted by molar-refractivity contribution is 5.82. The standard InChI is InChI=1S/C22H27N3O4/c1-3-28-21(27)22(12-7-11-18-9-5-4-6-10-18)13-8-14-25(16-22)20(26)15-19-17(2)23-29-24-19/h4-7,9-11H,3,8,12-16H2,1-2H3/b11-7+. The number of amides is 1. The SMILES string of the molecule is CCOC(=O)C1(C/C=C/c2ccccc2)CCCN(C(=O)Cc2nonc2C)C1. The third kappa shape index (κ3) is 5.10. The van der Waals surface area contributed by atoms with Crippen LogP contribution in [0.1, 0.15) is 43.1 Å². The Morgan fingerprint density at radius 2 is 2.07 bits per heavy atom. The molecule has 0 N–H and O–H groups in total. The van der Waals surface area contributed by atoms with Crippen molar-refractivity contribution in [2.24, 2.45) is 5.41 Å². The zero-order valence-electron chi connectivity index (χ0n) is 17.0. The molecule has 7 heteroatoms. The normalized spacial score (nSPS) is 19.4. The summed E-state index contributed by atoms with van der Waals surface area (Å²) in [5.74, 6) is -0.321. The van der Waals surface area contributed by atoms with E-state index in [2.05, 4.69) is 14.9 Å². The van der Waals surface area contributed by atoms with Gasteiger partial charge in [-0.25, -0.2) is 4.63 Å². The quantitative estimate of drug-likeness (QED) is 0.667. The van der Waals surface area contributed by atoms with Gasteiger partial charge in [0.25, 0.3) is 0 Å². The van der Waals surface area contributed by atoms with Gasteiger partial charge in [0.05, 0.1) is 18.4 Å². The second-order valence-electron chi connectivity index (χ2n) is 7.41. The number of nitrogens with zero attached hydrogens (tertiary/aromatic N) is 3. The predicted octanol–water partition coefficient (Wildman–Crippen LogP) is 3.20. The Labute approximate surface area is 170 Å². The fourth-order valence-corrected chi connectivity index (χ4v) is 3.70. The lowest BCUT2D eigenvalue weighted by atomic mass is 9.76. The average molecular weight is 397 g/mol. The summed E-state index contributed by atoms with van der Waals surface area (Å²) in [7, 11) is 0. The maximum atomic E-state index is 12.9. The molecule has 0 spiro atoms. The van der Waals surface area contributed by atoms with Crippen molar-refractivity contribution in [1.29, 1.82) is 0 Å². The van der Waals surface area contributed by atoms with Crippen molar-refractivity contribution in [2.45, 2.75) is 39.5 Å². The topological polar surface area (TPSA) is 85.5 Å². The monoisotopic (exact) mass is 397 g/mol. The molecule has 0 bridgehead atoms. The van der Waals surface area contributed by atoms with Crippen LogP contribution in [0.4, 0.5) is 0 Å². The summed E-state index contributed by atoms with van der Waals surface area (Å²) >= 11 is 0. The average Bonchev–Trinajstić information content (AvgIpc) is 3.13. The van der Waals surface area contributed by atoms with E-state index in [-0.39, 0.29) is 18.3 Å². The molecule has 1 aromatic carbocycles. The van der Waals surface area contributed by atoms with Gasteiger partial charge in [0.15, 0.2) is 0 Å². The third-order valence-electron chi connectivity index (χ3n) is 5.32. The molecule has 0 saturated carbocycles. The number of piperidine rings is 1. The van der Waals surface area contributed by atoms with Crippen LogP contribution >= 0.6 is 0 Å². The maximum Gasteiger partial charge on any atom is 0.314 e. The minimum Gasteiger partial charge on any atom is -0.466 e. The van der Waals surface area contributed by atoms with E-state index in [1.54, 1.807) is 18.7 Å². The fourth-order valence-electron chi connectivity index (χ4n) is 3.70. The van der Waals surface area contributed by atoms with Crippen molar-refractivity contribution in [2.75, 3.05) is 19.7 Å². The molecule has 7 nitrogen and oxygen atoms in total. The molecule has 1 atom stereocenters. The number of benzene rings is 1. The van der Waals surface area contributed by atoms with Crippen LogP contribution in [0.3, 0.4) is 0 Å². The molecule has 29 heavy (non-hydrogen) atoms. The van der Waals surface area contributed by atoms with Gasteiger partial charge in [-0.1, -0.05) is 52.8 Å². The molecule has 1 fully saturated rings. The summed E-state index contributed by atoms with van der Waals surface area (Å²) in [6, 6.07) is 9.94. The summed E-state index contributed by atoms with van der Waals surface area (Å²) in [6.45, 7) is 4.84. The van der Waals surface area contributed by atoms with Gasteiger partial charge in [0, 0.05) is 13.1 Å². The number of esters is 1. The van der Waals surface area contributed by atoms with Crippen LogP contribution in [0.2, 0.25) is 0 Å². The number of carbonyl (C=O) groups is 2. The predicted molar refractivity (Wildman–Crippen MR) is 108 cm³/mol. The number of aryl methyl sites for hydroxylation is 1. The molecular weight excluding hydrogens is 370 g/mol. The zero-order valence-corrected chi connectivity index (χ0v) is 17.0. The Morgan fingerprint density at radius 1 is 1.28 bits per heavy atom. The van der Waals surface area contributed by atoms with Crippen molar-refractivity contribution in [3.05, 3.63) is 53.4 Å². The van der Waals surface area contributed by atoms with E-state index in [1.807, 2.05) is 42.5 Å². The minimum atomic E-state index is -0.730. The van der Waals surface area contributed by atoms with E-state index in [1.165, 1.54) is 0 Å². The lowest BCUT2D eigenvalue weighted by Crippen LogP contribution is -2.50. The smallest absolute Gasteiger partial charge is 0.314 e. The van der Waals surface area contributed by atoms with E-state index in [9.17, 15) is 9.59 Å². The molecule has 0 aliphatic carbocycles. The zero-order chi connectivity index (χ0) is 20.7. The molecule has 0 radical (unpaired) electrons. The van der Waals surface area contributed by atoms with Crippen molar-refractivity contribution in [3.63, 3.8) is 0 Å². The van der Waals surface area contributed by atoms with Crippen LogP contribution in [0.5, 0.6) is 0 Å². The van der Waals surface area contributed by atoms with Crippen molar-refractivity contribution < 1.29 is 19.0 Å². The highest BCUT2D eigenvalue weighted by atomic mass is 16.6. The van der Waals surface area contributed by atoms with Crippen molar-refractivity contribution >= 4 is 18.0 Å². The highest BCUT2D eigenvalue weighted by Crippen LogP contribution is 2.36. The summed E-state index contributed by atoms with van der Waals surface area (Å²) < 4.78 is 10.1. The van der Waals surface area contributed by atoms with E-state index >= 15 is 0 Å². The van der Waals surface area contributed by atoms with E-state index in [0.29, 0.717) is 43.9 Å². The van der Waals surface area contributed by atoms with Crippen LogP contribution < -0.4 is 0 Å². The van der Waals surface area contributed by atoms with Crippen LogP contribution in [0.25, 0.3) is 6.08 Å². The first kappa shape index (κ1) is 20.8. The second-order valence-corrected chi connectivity index (χ2v) is 7.41. The molecule has 2 heterocycles. The van der Waals surface area contributed by atoms with Crippen molar-refractivity contribution in [1.82, 2.24) is 15.2 Å². The van der Waals surface area contributed by atoms with E-state index in [4.69, 9.17) is 4.74 Å². The van der Waals surface area contributed by atoms with Gasteiger partial charge in [-0.05, 0) is 38.7 Å². The first-order valence-electron chi connectivity index (χ1n) is 9.99. The Kier molecular flexibility index (Phi) is 6.80. The largest absolute Gasteiger partial charge is 0.466 e. The fraction of sp³-hybridized carbons (Fsp3) is 0.455. The molecule has 154 valence electrons. The second kappa shape index (κ2) is 9.49. The number of aromatic nitrogens is 2. The third-order valence-corrected chi connectivity index (χ3v) is 5.32. The molecular formula is C22H27N3O4. The molecule has 1 aliphatic rings. The molecule has 3 rings (SSSR count). The van der Waals surface area contributed by atoms with Crippen molar-refractivity contribution in [3.8, 4) is 0 Å². The maximum absolute atomic E-state index is 12.9. The summed E-state index contributed by atoms with van der Waals surface area (Å²) in [5, 5.41) is 7.52. The number of likely N-dealkylation sites (tertiary alicyclic amines) is 1. The van der Waals surface area contributed by atoms with Gasteiger partial charge in [-0.15, -0.1) is 0 Å². The number of allylic oxidation sites excluding steroid dienone is 1. The van der Waals surface area contributed by atoms with Gasteiger partial charge >= 0.3 is 5.97 Å². The number of hydrogen-bond acceptors (Lipinski definition) is 6. The molecule has 1 saturated heterocycles. The Hall–Kier alpha value is -2.96. The summed E-state index contributed by atoms with van der Waals surface area (Å²) in [5.41, 5.74) is 1.49. The first-order valence-corrected chi connectivity index (χ1v) is 9.99. The lowest BCUT2D eigenvalue weighted by molar-refractivity contribution is -0.160. The van der Waals surface area contributed by atoms with Crippen LogP contribution in [-0.2, 0) is 20.7 Å².